The van der Waals surface area contributed by atoms with E-state index in [1.54, 1.807) is 25.1 Å². The molecule has 2 aromatic carbocycles. The van der Waals surface area contributed by atoms with E-state index in [0.29, 0.717) is 16.1 Å². The van der Waals surface area contributed by atoms with Crippen molar-refractivity contribution in [3.05, 3.63) is 69.7 Å². The van der Waals surface area contributed by atoms with E-state index in [2.05, 4.69) is 0 Å². The standard InChI is InChI=1S/C15H13ClF2O/c1-9-10(4-2-5-12(9)16)15(19)8-11-13(17)6-3-7-14(11)18/h2-7,15,19H,8H2,1H3. The average Bonchev–Trinajstić information content (AvgIpc) is 2.37. The smallest absolute Gasteiger partial charge is 0.129 e. The van der Waals surface area contributed by atoms with Crippen LogP contribution < -0.4 is 0 Å². The topological polar surface area (TPSA) is 20.2 Å². The number of hydrogen-bond acceptors (Lipinski definition) is 1. The first-order chi connectivity index (χ1) is 9.00. The van der Waals surface area contributed by atoms with E-state index >= 15 is 0 Å². The summed E-state index contributed by atoms with van der Waals surface area (Å²) in [5, 5.41) is 10.7. The number of halogens is 3. The molecule has 4 heteroatoms. The summed E-state index contributed by atoms with van der Waals surface area (Å²) in [4.78, 5) is 0. The molecule has 1 N–H and O–H groups in total. The normalized spacial score (nSPS) is 12.5. The van der Waals surface area contributed by atoms with Crippen LogP contribution in [-0.4, -0.2) is 5.11 Å². The van der Waals surface area contributed by atoms with E-state index in [-0.39, 0.29) is 12.0 Å². The second kappa shape index (κ2) is 5.68. The lowest BCUT2D eigenvalue weighted by molar-refractivity contribution is 0.175. The highest BCUT2D eigenvalue weighted by Gasteiger charge is 2.17. The Kier molecular flexibility index (Phi) is 4.17. The second-order valence-corrected chi connectivity index (χ2v) is 4.78. The molecule has 100 valence electrons. The molecule has 2 aromatic rings. The molecule has 0 aromatic heterocycles. The molecule has 0 aliphatic rings. The molecule has 0 fully saturated rings. The molecule has 0 aliphatic carbocycles. The Morgan fingerprint density at radius 2 is 1.68 bits per heavy atom. The van der Waals surface area contributed by atoms with E-state index in [4.69, 9.17) is 11.6 Å². The number of aliphatic hydroxyl groups is 1. The lowest BCUT2D eigenvalue weighted by Crippen LogP contribution is -2.07. The van der Waals surface area contributed by atoms with Crippen LogP contribution in [0.2, 0.25) is 5.02 Å². The molecule has 0 saturated carbocycles. The molecular formula is C15H13ClF2O. The fraction of sp³-hybridized carbons (Fsp3) is 0.200. The van der Waals surface area contributed by atoms with Gasteiger partial charge in [0.2, 0.25) is 0 Å². The number of hydrogen-bond donors (Lipinski definition) is 1. The van der Waals surface area contributed by atoms with Crippen LogP contribution in [-0.2, 0) is 6.42 Å². The molecule has 0 saturated heterocycles. The molecule has 0 aliphatic heterocycles. The van der Waals surface area contributed by atoms with E-state index < -0.39 is 17.7 Å². The summed E-state index contributed by atoms with van der Waals surface area (Å²) in [6.07, 6.45) is -1.12. The minimum Gasteiger partial charge on any atom is -0.388 e. The van der Waals surface area contributed by atoms with Crippen molar-refractivity contribution in [3.8, 4) is 0 Å². The highest BCUT2D eigenvalue weighted by Crippen LogP contribution is 2.27. The van der Waals surface area contributed by atoms with Gasteiger partial charge in [-0.2, -0.15) is 0 Å². The zero-order valence-electron chi connectivity index (χ0n) is 10.3. The Labute approximate surface area is 115 Å². The maximum Gasteiger partial charge on any atom is 0.129 e. The molecule has 1 nitrogen and oxygen atoms in total. The van der Waals surface area contributed by atoms with Crippen molar-refractivity contribution in [1.29, 1.82) is 0 Å². The Balaban J connectivity index is 2.31. The largest absolute Gasteiger partial charge is 0.388 e. The molecule has 0 radical (unpaired) electrons. The van der Waals surface area contributed by atoms with Gasteiger partial charge in [0.1, 0.15) is 11.6 Å². The van der Waals surface area contributed by atoms with Gasteiger partial charge in [-0.15, -0.1) is 0 Å². The molecule has 0 bridgehead atoms. The summed E-state index contributed by atoms with van der Waals surface area (Å²) in [5.41, 5.74) is 1.18. The molecular weight excluding hydrogens is 270 g/mol. The molecule has 2 rings (SSSR count). The van der Waals surface area contributed by atoms with Crippen molar-refractivity contribution < 1.29 is 13.9 Å². The van der Waals surface area contributed by atoms with Gasteiger partial charge in [-0.3, -0.25) is 0 Å². The van der Waals surface area contributed by atoms with Gasteiger partial charge in [0, 0.05) is 17.0 Å². The summed E-state index contributed by atoms with van der Waals surface area (Å²) in [6, 6.07) is 8.75. The van der Waals surface area contributed by atoms with Crippen LogP contribution in [0.3, 0.4) is 0 Å². The van der Waals surface area contributed by atoms with E-state index in [0.717, 1.165) is 0 Å². The van der Waals surface area contributed by atoms with E-state index in [9.17, 15) is 13.9 Å². The Bertz CT molecular complexity index is 578. The summed E-state index contributed by atoms with van der Waals surface area (Å²) < 4.78 is 27.1. The quantitative estimate of drug-likeness (QED) is 0.894. The first kappa shape index (κ1) is 14.0. The Hall–Kier alpha value is -1.45. The van der Waals surface area contributed by atoms with Gasteiger partial charge >= 0.3 is 0 Å². The highest BCUT2D eigenvalue weighted by atomic mass is 35.5. The van der Waals surface area contributed by atoms with Gasteiger partial charge in [-0.25, -0.2) is 8.78 Å². The van der Waals surface area contributed by atoms with Gasteiger partial charge in [0.15, 0.2) is 0 Å². The van der Waals surface area contributed by atoms with Gasteiger partial charge < -0.3 is 5.11 Å². The van der Waals surface area contributed by atoms with Crippen LogP contribution in [0.5, 0.6) is 0 Å². The Morgan fingerprint density at radius 1 is 1.11 bits per heavy atom. The van der Waals surface area contributed by atoms with Crippen molar-refractivity contribution in [2.24, 2.45) is 0 Å². The fourth-order valence-corrected chi connectivity index (χ4v) is 2.20. The minimum absolute atomic E-state index is 0.116. The SMILES string of the molecule is Cc1c(Cl)cccc1C(O)Cc1c(F)cccc1F. The van der Waals surface area contributed by atoms with Crippen molar-refractivity contribution >= 4 is 11.6 Å². The lowest BCUT2D eigenvalue weighted by atomic mass is 9.97. The van der Waals surface area contributed by atoms with Crippen LogP contribution in [0.15, 0.2) is 36.4 Å². The van der Waals surface area contributed by atoms with Crippen LogP contribution in [0.1, 0.15) is 22.8 Å². The predicted octanol–water partition coefficient (Wildman–Crippen LogP) is 4.20. The van der Waals surface area contributed by atoms with Crippen LogP contribution in [0.25, 0.3) is 0 Å². The molecule has 0 heterocycles. The maximum atomic E-state index is 13.5. The van der Waals surface area contributed by atoms with Crippen LogP contribution in [0, 0.1) is 18.6 Å². The molecule has 0 amide bonds. The van der Waals surface area contributed by atoms with E-state index in [1.165, 1.54) is 18.2 Å². The van der Waals surface area contributed by atoms with Crippen molar-refractivity contribution in [1.82, 2.24) is 0 Å². The van der Waals surface area contributed by atoms with Gasteiger partial charge in [-0.1, -0.05) is 29.8 Å². The lowest BCUT2D eigenvalue weighted by Gasteiger charge is -2.15. The fourth-order valence-electron chi connectivity index (χ4n) is 2.02. The zero-order chi connectivity index (χ0) is 14.0. The van der Waals surface area contributed by atoms with Gasteiger partial charge in [0.05, 0.1) is 6.10 Å². The zero-order valence-corrected chi connectivity index (χ0v) is 11.1. The summed E-state index contributed by atoms with van der Waals surface area (Å²) >= 11 is 5.96. The first-order valence-electron chi connectivity index (χ1n) is 5.86. The van der Waals surface area contributed by atoms with Crippen LogP contribution in [0.4, 0.5) is 8.78 Å². The van der Waals surface area contributed by atoms with Gasteiger partial charge in [0.25, 0.3) is 0 Å². The minimum atomic E-state index is -0.995. The summed E-state index contributed by atoms with van der Waals surface area (Å²) in [5.74, 6) is -1.31. The first-order valence-corrected chi connectivity index (χ1v) is 6.24. The van der Waals surface area contributed by atoms with Crippen molar-refractivity contribution in [2.75, 3.05) is 0 Å². The molecule has 0 spiro atoms. The predicted molar refractivity (Wildman–Crippen MR) is 71.2 cm³/mol. The van der Waals surface area contributed by atoms with Crippen LogP contribution >= 0.6 is 11.6 Å². The monoisotopic (exact) mass is 282 g/mol. The third kappa shape index (κ3) is 2.94. The van der Waals surface area contributed by atoms with E-state index in [1.807, 2.05) is 0 Å². The number of aliphatic hydroxyl groups excluding tert-OH is 1. The van der Waals surface area contributed by atoms with Gasteiger partial charge in [-0.05, 0) is 36.2 Å². The summed E-state index contributed by atoms with van der Waals surface area (Å²) in [7, 11) is 0. The number of benzene rings is 2. The highest BCUT2D eigenvalue weighted by molar-refractivity contribution is 6.31. The molecule has 1 unspecified atom stereocenters. The third-order valence-electron chi connectivity index (χ3n) is 3.13. The third-order valence-corrected chi connectivity index (χ3v) is 3.54. The summed E-state index contributed by atoms with van der Waals surface area (Å²) in [6.45, 7) is 1.76. The van der Waals surface area contributed by atoms with Crippen molar-refractivity contribution in [2.45, 2.75) is 19.4 Å². The maximum absolute atomic E-state index is 13.5. The number of rotatable bonds is 3. The van der Waals surface area contributed by atoms with Crippen molar-refractivity contribution in [3.63, 3.8) is 0 Å². The average molecular weight is 283 g/mol. The Morgan fingerprint density at radius 3 is 2.32 bits per heavy atom. The molecule has 1 atom stereocenters. The molecule has 19 heavy (non-hydrogen) atoms. The second-order valence-electron chi connectivity index (χ2n) is 4.37.